The molecule has 2 unspecified atom stereocenters. The highest BCUT2D eigenvalue weighted by Gasteiger charge is 2.23. The van der Waals surface area contributed by atoms with Crippen molar-refractivity contribution in [3.05, 3.63) is 60.2 Å². The molecule has 132 valence electrons. The lowest BCUT2D eigenvalue weighted by molar-refractivity contribution is -0.128. The maximum absolute atomic E-state index is 12.3. The minimum absolute atomic E-state index is 0.328. The lowest BCUT2D eigenvalue weighted by Gasteiger charge is -2.19. The molecule has 2 rings (SSSR count). The van der Waals surface area contributed by atoms with E-state index >= 15 is 0 Å². The smallest absolute Gasteiger partial charge is 0.249 e. The summed E-state index contributed by atoms with van der Waals surface area (Å²) in [4.78, 5) is 24.7. The van der Waals surface area contributed by atoms with Crippen LogP contribution < -0.4 is 15.4 Å². The maximum Gasteiger partial charge on any atom is 0.249 e. The van der Waals surface area contributed by atoms with Crippen LogP contribution in [-0.2, 0) is 9.59 Å². The minimum Gasteiger partial charge on any atom is -0.497 e. The number of hydrogen-bond acceptors (Lipinski definition) is 4. The van der Waals surface area contributed by atoms with Crippen LogP contribution in [0.25, 0.3) is 0 Å². The van der Waals surface area contributed by atoms with Gasteiger partial charge in [0.1, 0.15) is 11.8 Å². The van der Waals surface area contributed by atoms with Crippen molar-refractivity contribution in [2.75, 3.05) is 19.0 Å². The van der Waals surface area contributed by atoms with E-state index in [2.05, 4.69) is 10.6 Å². The Labute approximate surface area is 146 Å². The van der Waals surface area contributed by atoms with E-state index in [0.29, 0.717) is 11.4 Å². The number of carbonyl (C=O) groups excluding carboxylic acids is 2. The summed E-state index contributed by atoms with van der Waals surface area (Å²) in [6.45, 7) is 1.25. The fourth-order valence-electron chi connectivity index (χ4n) is 2.31. The van der Waals surface area contributed by atoms with Gasteiger partial charge in [0.05, 0.1) is 19.6 Å². The van der Waals surface area contributed by atoms with Crippen LogP contribution in [0.4, 0.5) is 5.69 Å². The molecule has 0 spiro atoms. The van der Waals surface area contributed by atoms with Crippen LogP contribution >= 0.6 is 0 Å². The average molecular weight is 342 g/mol. The molecule has 0 radical (unpaired) electrons. The summed E-state index contributed by atoms with van der Waals surface area (Å²) in [5.41, 5.74) is 1.36. The van der Waals surface area contributed by atoms with E-state index in [-0.39, 0.29) is 5.91 Å². The zero-order valence-electron chi connectivity index (χ0n) is 14.2. The van der Waals surface area contributed by atoms with Crippen molar-refractivity contribution in [1.29, 1.82) is 0 Å². The van der Waals surface area contributed by atoms with Gasteiger partial charge in [0.25, 0.3) is 0 Å². The van der Waals surface area contributed by atoms with E-state index in [0.717, 1.165) is 5.56 Å². The topological polar surface area (TPSA) is 87.7 Å². The van der Waals surface area contributed by atoms with Crippen molar-refractivity contribution in [2.45, 2.75) is 18.9 Å². The minimum atomic E-state index is -1.04. The lowest BCUT2D eigenvalue weighted by atomic mass is 10.00. The van der Waals surface area contributed by atoms with E-state index in [1.54, 1.807) is 31.2 Å². The third-order valence-corrected chi connectivity index (χ3v) is 3.85. The summed E-state index contributed by atoms with van der Waals surface area (Å²) in [7, 11) is 1.53. The van der Waals surface area contributed by atoms with Crippen LogP contribution in [0.2, 0.25) is 0 Å². The van der Waals surface area contributed by atoms with Crippen LogP contribution in [0, 0.1) is 0 Å². The number of rotatable bonds is 7. The van der Waals surface area contributed by atoms with Crippen LogP contribution in [0.15, 0.2) is 54.6 Å². The number of amides is 2. The number of benzene rings is 2. The van der Waals surface area contributed by atoms with Gasteiger partial charge in [-0.1, -0.05) is 36.4 Å². The molecule has 2 amide bonds. The molecule has 25 heavy (non-hydrogen) atoms. The Kier molecular flexibility index (Phi) is 6.54. The molecular formula is C19H22N2O4. The van der Waals surface area contributed by atoms with E-state index in [4.69, 9.17) is 4.74 Å². The summed E-state index contributed by atoms with van der Waals surface area (Å²) in [5, 5.41) is 14.7. The molecule has 0 bridgehead atoms. The van der Waals surface area contributed by atoms with Gasteiger partial charge in [-0.2, -0.15) is 0 Å². The molecule has 2 aromatic rings. The summed E-state index contributed by atoms with van der Waals surface area (Å²) >= 11 is 0. The Morgan fingerprint density at radius 3 is 2.44 bits per heavy atom. The monoisotopic (exact) mass is 342 g/mol. The normalized spacial score (nSPS) is 12.8. The van der Waals surface area contributed by atoms with Crippen molar-refractivity contribution >= 4 is 17.5 Å². The molecule has 0 fully saturated rings. The number of carbonyl (C=O) groups is 2. The number of nitrogens with one attached hydrogen (secondary N) is 2. The Hall–Kier alpha value is -2.86. The van der Waals surface area contributed by atoms with Gasteiger partial charge in [-0.25, -0.2) is 0 Å². The molecule has 0 saturated carbocycles. The standard InChI is InChI=1S/C19H22N2O4/c1-13(14-7-4-3-5-8-14)18(23)21-17(12-22)19(24)20-15-9-6-10-16(11-15)25-2/h3-11,13,17,22H,12H2,1-2H3,(H,20,24)(H,21,23). The highest BCUT2D eigenvalue weighted by molar-refractivity contribution is 5.98. The first-order chi connectivity index (χ1) is 12.0. The lowest BCUT2D eigenvalue weighted by Crippen LogP contribution is -2.47. The van der Waals surface area contributed by atoms with Gasteiger partial charge < -0.3 is 20.5 Å². The summed E-state index contributed by atoms with van der Waals surface area (Å²) < 4.78 is 5.10. The van der Waals surface area contributed by atoms with Gasteiger partial charge in [0, 0.05) is 11.8 Å². The molecule has 0 aliphatic carbocycles. The number of aliphatic hydroxyl groups is 1. The zero-order chi connectivity index (χ0) is 18.2. The molecular weight excluding hydrogens is 320 g/mol. The Bertz CT molecular complexity index is 718. The molecule has 0 saturated heterocycles. The Morgan fingerprint density at radius 2 is 1.80 bits per heavy atom. The van der Waals surface area contributed by atoms with Crippen LogP contribution in [0.1, 0.15) is 18.4 Å². The second-order valence-corrected chi connectivity index (χ2v) is 5.60. The maximum atomic E-state index is 12.3. The number of aliphatic hydroxyl groups excluding tert-OH is 1. The van der Waals surface area contributed by atoms with Gasteiger partial charge >= 0.3 is 0 Å². The largest absolute Gasteiger partial charge is 0.497 e. The van der Waals surface area contributed by atoms with Gasteiger partial charge in [-0.3, -0.25) is 9.59 Å². The van der Waals surface area contributed by atoms with Crippen molar-refractivity contribution in [1.82, 2.24) is 5.32 Å². The fourth-order valence-corrected chi connectivity index (χ4v) is 2.31. The first kappa shape index (κ1) is 18.5. The second-order valence-electron chi connectivity index (χ2n) is 5.60. The molecule has 0 heterocycles. The summed E-state index contributed by atoms with van der Waals surface area (Å²) in [6.07, 6.45) is 0. The quantitative estimate of drug-likeness (QED) is 0.717. The second kappa shape index (κ2) is 8.84. The van der Waals surface area contributed by atoms with Gasteiger partial charge in [0.2, 0.25) is 11.8 Å². The molecule has 6 heteroatoms. The summed E-state index contributed by atoms with van der Waals surface area (Å²) in [6, 6.07) is 15.0. The summed E-state index contributed by atoms with van der Waals surface area (Å²) in [5.74, 6) is -0.657. The zero-order valence-corrected chi connectivity index (χ0v) is 14.2. The molecule has 0 aromatic heterocycles. The van der Waals surface area contributed by atoms with E-state index in [1.165, 1.54) is 7.11 Å². The highest BCUT2D eigenvalue weighted by atomic mass is 16.5. The molecule has 0 aliphatic rings. The third-order valence-electron chi connectivity index (χ3n) is 3.85. The number of anilines is 1. The molecule has 2 aromatic carbocycles. The van der Waals surface area contributed by atoms with Gasteiger partial charge in [0.15, 0.2) is 0 Å². The predicted molar refractivity (Wildman–Crippen MR) is 95.5 cm³/mol. The molecule has 6 nitrogen and oxygen atoms in total. The van der Waals surface area contributed by atoms with E-state index in [9.17, 15) is 14.7 Å². The van der Waals surface area contributed by atoms with Gasteiger partial charge in [-0.05, 0) is 24.6 Å². The fraction of sp³-hybridized carbons (Fsp3) is 0.263. The SMILES string of the molecule is COc1cccc(NC(=O)C(CO)NC(=O)C(C)c2ccccc2)c1. The van der Waals surface area contributed by atoms with Crippen LogP contribution in [0.5, 0.6) is 5.75 Å². The molecule has 3 N–H and O–H groups in total. The number of ether oxygens (including phenoxy) is 1. The van der Waals surface area contributed by atoms with Crippen LogP contribution in [-0.4, -0.2) is 36.7 Å². The molecule has 2 atom stereocenters. The van der Waals surface area contributed by atoms with Crippen molar-refractivity contribution in [3.63, 3.8) is 0 Å². The highest BCUT2D eigenvalue weighted by Crippen LogP contribution is 2.17. The average Bonchev–Trinajstić information content (AvgIpc) is 2.65. The molecule has 0 aliphatic heterocycles. The first-order valence-corrected chi connectivity index (χ1v) is 7.96. The van der Waals surface area contributed by atoms with E-state index < -0.39 is 24.5 Å². The van der Waals surface area contributed by atoms with E-state index in [1.807, 2.05) is 30.3 Å². The van der Waals surface area contributed by atoms with Crippen molar-refractivity contribution in [2.24, 2.45) is 0 Å². The van der Waals surface area contributed by atoms with Crippen molar-refractivity contribution < 1.29 is 19.4 Å². The van der Waals surface area contributed by atoms with Gasteiger partial charge in [-0.15, -0.1) is 0 Å². The predicted octanol–water partition coefficient (Wildman–Crippen LogP) is 1.91. The Balaban J connectivity index is 2.00. The Morgan fingerprint density at radius 1 is 1.08 bits per heavy atom. The first-order valence-electron chi connectivity index (χ1n) is 7.96. The third kappa shape index (κ3) is 5.06. The van der Waals surface area contributed by atoms with Crippen LogP contribution in [0.3, 0.4) is 0 Å². The van der Waals surface area contributed by atoms with Crippen molar-refractivity contribution in [3.8, 4) is 5.75 Å². The number of hydrogen-bond donors (Lipinski definition) is 3. The number of methoxy groups -OCH3 is 1.